The van der Waals surface area contributed by atoms with Crippen molar-refractivity contribution in [3.05, 3.63) is 53.6 Å². The van der Waals surface area contributed by atoms with Crippen molar-refractivity contribution in [3.8, 4) is 0 Å². The van der Waals surface area contributed by atoms with Crippen molar-refractivity contribution in [2.24, 2.45) is 0 Å². The lowest BCUT2D eigenvalue weighted by Gasteiger charge is -2.24. The maximum Gasteiger partial charge on any atom is 0.410 e. The van der Waals surface area contributed by atoms with Crippen LogP contribution >= 0.6 is 0 Å². The van der Waals surface area contributed by atoms with E-state index in [4.69, 9.17) is 9.72 Å². The maximum atomic E-state index is 12.5. The summed E-state index contributed by atoms with van der Waals surface area (Å²) in [4.78, 5) is 35.4. The highest BCUT2D eigenvalue weighted by molar-refractivity contribution is 5.83. The minimum atomic E-state index is -0.548. The van der Waals surface area contributed by atoms with Crippen molar-refractivity contribution >= 4 is 34.6 Å². The zero-order valence-electron chi connectivity index (χ0n) is 19.7. The quantitative estimate of drug-likeness (QED) is 0.591. The first-order valence-electron chi connectivity index (χ1n) is 11.5. The Morgan fingerprint density at radius 3 is 2.85 bits per heavy atom. The summed E-state index contributed by atoms with van der Waals surface area (Å²) in [5, 5.41) is 7.67. The van der Waals surface area contributed by atoms with Gasteiger partial charge in [0.25, 0.3) is 0 Å². The van der Waals surface area contributed by atoms with E-state index in [0.717, 1.165) is 29.7 Å². The summed E-state index contributed by atoms with van der Waals surface area (Å²) in [6, 6.07) is 6.12. The van der Waals surface area contributed by atoms with Gasteiger partial charge in [-0.05, 0) is 62.4 Å². The molecule has 0 saturated heterocycles. The molecule has 1 amide bonds. The Kier molecular flexibility index (Phi) is 5.55. The Morgan fingerprint density at radius 2 is 2.03 bits per heavy atom. The molecule has 1 aromatic carbocycles. The Morgan fingerprint density at radius 1 is 1.18 bits per heavy atom. The van der Waals surface area contributed by atoms with Crippen LogP contribution in [-0.2, 0) is 22.4 Å². The van der Waals surface area contributed by atoms with Gasteiger partial charge in [0.05, 0.1) is 18.4 Å². The molecule has 34 heavy (non-hydrogen) atoms. The SMILES string of the molecule is CC(C)(C)OC(=O)N1CC=C(c2cn3ncnc3c(Nc3ccc4c(c3)CC(=O)CCC4)n2)C1. The van der Waals surface area contributed by atoms with Gasteiger partial charge < -0.3 is 15.0 Å². The van der Waals surface area contributed by atoms with Crippen LogP contribution in [0.3, 0.4) is 0 Å². The average molecular weight is 461 g/mol. The van der Waals surface area contributed by atoms with Gasteiger partial charge in [-0.25, -0.2) is 19.3 Å². The highest BCUT2D eigenvalue weighted by Gasteiger charge is 2.27. The molecule has 0 bridgehead atoms. The average Bonchev–Trinajstić information content (AvgIpc) is 3.40. The van der Waals surface area contributed by atoms with Crippen LogP contribution in [0.15, 0.2) is 36.8 Å². The number of hydrogen-bond acceptors (Lipinski definition) is 7. The smallest absolute Gasteiger partial charge is 0.410 e. The molecule has 0 radical (unpaired) electrons. The molecule has 0 fully saturated rings. The number of ketones is 1. The van der Waals surface area contributed by atoms with Gasteiger partial charge in [0, 0.05) is 25.1 Å². The number of anilines is 2. The van der Waals surface area contributed by atoms with E-state index in [1.54, 1.807) is 9.42 Å². The number of ether oxygens (including phenoxy) is 1. The minimum absolute atomic E-state index is 0.276. The number of aromatic nitrogens is 4. The molecule has 2 aliphatic rings. The van der Waals surface area contributed by atoms with E-state index in [1.165, 1.54) is 11.9 Å². The number of hydrogen-bond donors (Lipinski definition) is 1. The number of benzene rings is 1. The molecule has 3 heterocycles. The third-order valence-electron chi connectivity index (χ3n) is 5.92. The van der Waals surface area contributed by atoms with E-state index in [2.05, 4.69) is 21.5 Å². The fourth-order valence-corrected chi connectivity index (χ4v) is 4.30. The summed E-state index contributed by atoms with van der Waals surface area (Å²) in [5.41, 5.74) is 4.80. The van der Waals surface area contributed by atoms with Crippen molar-refractivity contribution < 1.29 is 14.3 Å². The van der Waals surface area contributed by atoms with Gasteiger partial charge in [0.1, 0.15) is 17.7 Å². The third kappa shape index (κ3) is 4.64. The number of nitrogens with zero attached hydrogens (tertiary/aromatic N) is 5. The van der Waals surface area contributed by atoms with Gasteiger partial charge in [-0.2, -0.15) is 5.10 Å². The predicted molar refractivity (Wildman–Crippen MR) is 128 cm³/mol. The second-order valence-corrected chi connectivity index (χ2v) is 9.77. The Hall–Kier alpha value is -3.75. The molecule has 176 valence electrons. The topological polar surface area (TPSA) is 102 Å². The van der Waals surface area contributed by atoms with Crippen LogP contribution in [0.25, 0.3) is 11.2 Å². The fourth-order valence-electron chi connectivity index (χ4n) is 4.30. The second kappa shape index (κ2) is 8.55. The van der Waals surface area contributed by atoms with Gasteiger partial charge >= 0.3 is 6.09 Å². The Bertz CT molecular complexity index is 1300. The van der Waals surface area contributed by atoms with Crippen molar-refractivity contribution in [1.82, 2.24) is 24.5 Å². The Labute approximate surface area is 197 Å². The lowest BCUT2D eigenvalue weighted by molar-refractivity contribution is -0.118. The molecule has 0 atom stereocenters. The van der Waals surface area contributed by atoms with E-state index < -0.39 is 5.60 Å². The molecular formula is C25H28N6O3. The molecule has 2 aromatic heterocycles. The van der Waals surface area contributed by atoms with Gasteiger partial charge in [-0.1, -0.05) is 12.1 Å². The predicted octanol–water partition coefficient (Wildman–Crippen LogP) is 3.95. The zero-order chi connectivity index (χ0) is 23.9. The van der Waals surface area contributed by atoms with E-state index in [0.29, 0.717) is 43.1 Å². The van der Waals surface area contributed by atoms with Crippen LogP contribution in [-0.4, -0.2) is 55.0 Å². The van der Waals surface area contributed by atoms with Crippen LogP contribution in [0.4, 0.5) is 16.3 Å². The number of aryl methyl sites for hydroxylation is 1. The van der Waals surface area contributed by atoms with E-state index in [9.17, 15) is 9.59 Å². The summed E-state index contributed by atoms with van der Waals surface area (Å²) < 4.78 is 7.17. The monoisotopic (exact) mass is 460 g/mol. The van der Waals surface area contributed by atoms with Gasteiger partial charge in [-0.3, -0.25) is 4.79 Å². The molecule has 0 saturated carbocycles. The largest absolute Gasteiger partial charge is 0.444 e. The molecule has 0 spiro atoms. The number of carbonyl (C=O) groups excluding carboxylic acids is 2. The second-order valence-electron chi connectivity index (χ2n) is 9.77. The number of Topliss-reactive ketones (excluding diaryl/α,β-unsaturated/α-hetero) is 1. The lowest BCUT2D eigenvalue weighted by atomic mass is 10.0. The van der Waals surface area contributed by atoms with Crippen LogP contribution in [0.2, 0.25) is 0 Å². The van der Waals surface area contributed by atoms with E-state index in [1.807, 2.05) is 45.2 Å². The van der Waals surface area contributed by atoms with Crippen molar-refractivity contribution in [2.45, 2.75) is 52.1 Å². The van der Waals surface area contributed by atoms with E-state index in [-0.39, 0.29) is 11.9 Å². The number of nitrogens with one attached hydrogen (secondary N) is 1. The molecule has 9 heteroatoms. The van der Waals surface area contributed by atoms with Crippen LogP contribution in [0.1, 0.15) is 50.4 Å². The van der Waals surface area contributed by atoms with Crippen molar-refractivity contribution in [1.29, 1.82) is 0 Å². The molecule has 9 nitrogen and oxygen atoms in total. The molecule has 1 N–H and O–H groups in total. The first kappa shape index (κ1) is 22.1. The molecule has 3 aromatic rings. The molecule has 1 aliphatic heterocycles. The summed E-state index contributed by atoms with van der Waals surface area (Å²) in [6.45, 7) is 6.43. The van der Waals surface area contributed by atoms with E-state index >= 15 is 0 Å². The summed E-state index contributed by atoms with van der Waals surface area (Å²) in [7, 11) is 0. The standard InChI is InChI=1S/C25H28N6O3/c1-25(2,3)34-24(33)30-10-9-17(13-30)21-14-31-23(26-15-27-31)22(29-21)28-19-8-7-16-5-4-6-20(32)12-18(16)11-19/h7-9,11,14-15H,4-6,10,12-13H2,1-3H3,(H,28,29). The summed E-state index contributed by atoms with van der Waals surface area (Å²) >= 11 is 0. The first-order chi connectivity index (χ1) is 16.2. The summed E-state index contributed by atoms with van der Waals surface area (Å²) in [6.07, 6.45) is 7.85. The van der Waals surface area contributed by atoms with Crippen molar-refractivity contribution in [3.63, 3.8) is 0 Å². The molecule has 1 aliphatic carbocycles. The normalized spacial score (nSPS) is 16.3. The van der Waals surface area contributed by atoms with Crippen LogP contribution < -0.4 is 5.32 Å². The number of amides is 1. The summed E-state index contributed by atoms with van der Waals surface area (Å²) in [5.74, 6) is 0.838. The molecule has 0 unspecified atom stereocenters. The fraction of sp³-hybridized carbons (Fsp3) is 0.400. The highest BCUT2D eigenvalue weighted by Crippen LogP contribution is 2.28. The lowest BCUT2D eigenvalue weighted by Crippen LogP contribution is -2.35. The maximum absolute atomic E-state index is 12.5. The van der Waals surface area contributed by atoms with Gasteiger partial charge in [0.2, 0.25) is 0 Å². The zero-order valence-corrected chi connectivity index (χ0v) is 19.7. The molecule has 5 rings (SSSR count). The Balaban J connectivity index is 1.40. The number of fused-ring (bicyclic) bond motifs is 2. The van der Waals surface area contributed by atoms with Gasteiger partial charge in [-0.15, -0.1) is 0 Å². The molecular weight excluding hydrogens is 432 g/mol. The highest BCUT2D eigenvalue weighted by atomic mass is 16.6. The number of rotatable bonds is 3. The number of carbonyl (C=O) groups is 2. The van der Waals surface area contributed by atoms with Crippen LogP contribution in [0.5, 0.6) is 0 Å². The van der Waals surface area contributed by atoms with Crippen molar-refractivity contribution in [2.75, 3.05) is 18.4 Å². The van der Waals surface area contributed by atoms with Crippen LogP contribution in [0, 0.1) is 0 Å². The third-order valence-corrected chi connectivity index (χ3v) is 5.92. The minimum Gasteiger partial charge on any atom is -0.444 e. The first-order valence-corrected chi connectivity index (χ1v) is 11.5. The van der Waals surface area contributed by atoms with Gasteiger partial charge in [0.15, 0.2) is 11.5 Å².